The van der Waals surface area contributed by atoms with Gasteiger partial charge < -0.3 is 26.4 Å². The van der Waals surface area contributed by atoms with Crippen LogP contribution in [0.3, 0.4) is 0 Å². The maximum Gasteiger partial charge on any atom is 0.0319 e. The van der Waals surface area contributed by atoms with Crippen molar-refractivity contribution in [3.05, 3.63) is 5.32 Å². The molecule has 0 amide bonds. The first kappa shape index (κ1) is 21.8. The summed E-state index contributed by atoms with van der Waals surface area (Å²) < 4.78 is 0. The molecule has 1 rings (SSSR count). The van der Waals surface area contributed by atoms with E-state index in [-0.39, 0.29) is 21.7 Å². The molecule has 0 aromatic heterocycles. The van der Waals surface area contributed by atoms with Crippen LogP contribution in [0.1, 0.15) is 25.7 Å². The topological polar surface area (TPSA) is 70.4 Å². The second-order valence-corrected chi connectivity index (χ2v) is 4.34. The normalized spacial score (nSPS) is 20.5. The molecule has 0 spiro atoms. The van der Waals surface area contributed by atoms with Gasteiger partial charge in [0.15, 0.2) is 0 Å². The summed E-state index contributed by atoms with van der Waals surface area (Å²) in [7, 11) is 1.00. The van der Waals surface area contributed by atoms with Gasteiger partial charge in [-0.05, 0) is 52.1 Å². The molecule has 6 heteroatoms. The number of hydrogen-bond acceptors (Lipinski definition) is 4. The molecule has 1 saturated heterocycles. The number of nitrogens with one attached hydrogen (secondary N) is 3. The maximum absolute atomic E-state index is 7.00. The monoisotopic (exact) mass is 307 g/mol. The smallest absolute Gasteiger partial charge is 0.0319 e. The minimum atomic E-state index is 0. The predicted molar refractivity (Wildman–Crippen MR) is 78.3 cm³/mol. The van der Waals surface area contributed by atoms with Crippen LogP contribution < -0.4 is 16.0 Å². The van der Waals surface area contributed by atoms with E-state index in [2.05, 4.69) is 21.3 Å². The molecule has 1 heterocycles. The van der Waals surface area contributed by atoms with Crippen molar-refractivity contribution < 1.29 is 26.8 Å². The Bertz CT molecular complexity index is 88.6. The molecule has 0 aromatic rings. The van der Waals surface area contributed by atoms with Gasteiger partial charge in [0.2, 0.25) is 0 Å². The van der Waals surface area contributed by atoms with Crippen molar-refractivity contribution in [1.29, 1.82) is 0 Å². The van der Waals surface area contributed by atoms with Crippen LogP contribution in [0.4, 0.5) is 0 Å². The summed E-state index contributed by atoms with van der Waals surface area (Å²) in [5.41, 5.74) is 0. The molecule has 19 heavy (non-hydrogen) atoms. The van der Waals surface area contributed by atoms with Crippen molar-refractivity contribution in [2.45, 2.75) is 25.7 Å². The average molecular weight is 307 g/mol. The van der Waals surface area contributed by atoms with Gasteiger partial charge in [-0.2, -0.15) is 0 Å². The quantitative estimate of drug-likeness (QED) is 0.486. The van der Waals surface area contributed by atoms with Gasteiger partial charge in [-0.15, -0.1) is 13.1 Å². The molecule has 1 aliphatic rings. The number of rotatable bonds is 0. The molecular formula is C13H31N4OTi-. The van der Waals surface area contributed by atoms with Crippen LogP contribution in [0.5, 0.6) is 0 Å². The fraction of sp³-hybridized carbons (Fsp3) is 1.00. The largest absolute Gasteiger partial charge is 0.662 e. The Labute approximate surface area is 133 Å². The van der Waals surface area contributed by atoms with Gasteiger partial charge >= 0.3 is 0 Å². The second-order valence-electron chi connectivity index (χ2n) is 4.34. The van der Waals surface area contributed by atoms with E-state index in [1.165, 1.54) is 25.7 Å². The molecule has 5 nitrogen and oxygen atoms in total. The third-order valence-corrected chi connectivity index (χ3v) is 2.75. The molecule has 114 valence electrons. The van der Waals surface area contributed by atoms with Gasteiger partial charge in [0.25, 0.3) is 0 Å². The van der Waals surface area contributed by atoms with Crippen LogP contribution in [0.15, 0.2) is 0 Å². The third-order valence-electron chi connectivity index (χ3n) is 2.75. The first-order valence-electron chi connectivity index (χ1n) is 7.20. The van der Waals surface area contributed by atoms with Gasteiger partial charge in [0.1, 0.15) is 0 Å². The fourth-order valence-corrected chi connectivity index (χ4v) is 1.80. The third kappa shape index (κ3) is 18.5. The van der Waals surface area contributed by atoms with Crippen molar-refractivity contribution in [2.24, 2.45) is 0 Å². The van der Waals surface area contributed by atoms with E-state index in [0.29, 0.717) is 0 Å². The molecule has 0 bridgehead atoms. The molecule has 1 aliphatic heterocycles. The molecule has 4 N–H and O–H groups in total. The van der Waals surface area contributed by atoms with Gasteiger partial charge in [-0.1, -0.05) is 12.8 Å². The van der Waals surface area contributed by atoms with E-state index in [9.17, 15) is 0 Å². The molecule has 0 aromatic carbocycles. The zero-order valence-corrected chi connectivity index (χ0v) is 13.9. The second kappa shape index (κ2) is 20.8. The number of aliphatic hydroxyl groups is 1. The van der Waals surface area contributed by atoms with E-state index < -0.39 is 0 Å². The molecular weight excluding hydrogens is 276 g/mol. The summed E-state index contributed by atoms with van der Waals surface area (Å²) in [5, 5.41) is 21.9. The number of nitrogens with zero attached hydrogens (tertiary/aromatic N) is 1. The summed E-state index contributed by atoms with van der Waals surface area (Å²) >= 11 is 0. The molecule has 0 unspecified atom stereocenters. The first-order valence-corrected chi connectivity index (χ1v) is 7.20. The van der Waals surface area contributed by atoms with Gasteiger partial charge in [-0.25, -0.2) is 0 Å². The van der Waals surface area contributed by atoms with E-state index in [4.69, 9.17) is 5.11 Å². The van der Waals surface area contributed by atoms with Crippen LogP contribution in [0, 0.1) is 0 Å². The first-order chi connectivity index (χ1) is 9.00. The van der Waals surface area contributed by atoms with Crippen LogP contribution in [-0.2, 0) is 21.7 Å². The van der Waals surface area contributed by atoms with Crippen LogP contribution in [0.2, 0.25) is 0 Å². The summed E-state index contributed by atoms with van der Waals surface area (Å²) in [5.74, 6) is 0. The average Bonchev–Trinajstić information content (AvgIpc) is 2.41. The maximum atomic E-state index is 7.00. The van der Waals surface area contributed by atoms with Crippen molar-refractivity contribution in [3.63, 3.8) is 0 Å². The predicted octanol–water partition coefficient (Wildman–Crippen LogP) is 0.309. The summed E-state index contributed by atoms with van der Waals surface area (Å²) in [6.45, 7) is 8.80. The molecule has 1 fully saturated rings. The van der Waals surface area contributed by atoms with Crippen molar-refractivity contribution in [2.75, 3.05) is 59.5 Å². The minimum absolute atomic E-state index is 0. The zero-order chi connectivity index (χ0) is 13.3. The molecule has 0 radical (unpaired) electrons. The van der Waals surface area contributed by atoms with E-state index in [1.807, 2.05) is 0 Å². The Morgan fingerprint density at radius 3 is 1.32 bits per heavy atom. The Morgan fingerprint density at radius 1 is 0.632 bits per heavy atom. The van der Waals surface area contributed by atoms with Crippen molar-refractivity contribution >= 4 is 0 Å². The van der Waals surface area contributed by atoms with Crippen molar-refractivity contribution in [3.8, 4) is 0 Å². The Kier molecular flexibility index (Phi) is 23.9. The summed E-state index contributed by atoms with van der Waals surface area (Å²) in [4.78, 5) is 0. The molecule has 0 saturated carbocycles. The molecule has 0 aliphatic carbocycles. The fourth-order valence-electron chi connectivity index (χ4n) is 1.80. The number of aliphatic hydroxyl groups excluding tert-OH is 1. The van der Waals surface area contributed by atoms with Gasteiger partial charge in [0.05, 0.1) is 0 Å². The number of hydrogen-bond donors (Lipinski definition) is 4. The Morgan fingerprint density at radius 2 is 0.947 bits per heavy atom. The molecule has 0 atom stereocenters. The van der Waals surface area contributed by atoms with E-state index >= 15 is 0 Å². The van der Waals surface area contributed by atoms with Gasteiger partial charge in [-0.3, -0.25) is 0 Å². The summed E-state index contributed by atoms with van der Waals surface area (Å²) in [6, 6.07) is 0. The Balaban J connectivity index is 0. The summed E-state index contributed by atoms with van der Waals surface area (Å²) in [6.07, 6.45) is 4.82. The Hall–Kier alpha value is 0.514. The van der Waals surface area contributed by atoms with Crippen LogP contribution in [0.25, 0.3) is 5.32 Å². The van der Waals surface area contributed by atoms with Crippen LogP contribution >= 0.6 is 0 Å². The van der Waals surface area contributed by atoms with E-state index in [0.717, 1.165) is 59.5 Å². The van der Waals surface area contributed by atoms with E-state index in [1.54, 1.807) is 0 Å². The SMILES string of the molecule is C1C[N-]CCCNCCCNCCCNC1.CO.[Ti]. The zero-order valence-electron chi connectivity index (χ0n) is 12.4. The van der Waals surface area contributed by atoms with Gasteiger partial charge in [0, 0.05) is 28.8 Å². The standard InChI is InChI=1S/C12H27N4.CH4O.Ti/c1-5-13-7-2-9-15-11-4-12-16-10-3-8-14-6-1;1-2;/h13-15H,1-12H2;2H,1H3;/q-1;;. The van der Waals surface area contributed by atoms with Crippen molar-refractivity contribution in [1.82, 2.24) is 16.0 Å². The minimum Gasteiger partial charge on any atom is -0.662 e. The van der Waals surface area contributed by atoms with Crippen LogP contribution in [-0.4, -0.2) is 64.6 Å².